The number of ketones is 1. The van der Waals surface area contributed by atoms with Gasteiger partial charge < -0.3 is 9.16 Å². The van der Waals surface area contributed by atoms with Crippen LogP contribution in [0.2, 0.25) is 5.04 Å². The second kappa shape index (κ2) is 13.2. The number of fused-ring (bicyclic) bond motifs is 1. The molecule has 5 heteroatoms. The molecule has 2 fully saturated rings. The van der Waals surface area contributed by atoms with Crippen LogP contribution >= 0.6 is 0 Å². The Bertz CT molecular complexity index is 1070. The van der Waals surface area contributed by atoms with Crippen molar-refractivity contribution in [3.63, 3.8) is 0 Å². The number of ether oxygens (including phenoxy) is 1. The van der Waals surface area contributed by atoms with Crippen molar-refractivity contribution in [1.29, 1.82) is 0 Å². The number of hydrogen-bond acceptors (Lipinski definition) is 4. The Kier molecular flexibility index (Phi) is 10.0. The van der Waals surface area contributed by atoms with Gasteiger partial charge in [0.15, 0.2) is 0 Å². The molecule has 4 rings (SSSR count). The normalized spacial score (nSPS) is 23.2. The summed E-state index contributed by atoms with van der Waals surface area (Å²) >= 11 is 0. The Hall–Kier alpha value is -2.50. The van der Waals surface area contributed by atoms with E-state index in [0.29, 0.717) is 12.8 Å². The predicted octanol–water partition coefficient (Wildman–Crippen LogP) is 6.76. The van der Waals surface area contributed by atoms with Gasteiger partial charge in [0.25, 0.3) is 8.32 Å². The van der Waals surface area contributed by atoms with Crippen LogP contribution in [0.5, 0.6) is 0 Å². The zero-order chi connectivity index (χ0) is 27.9. The fourth-order valence-corrected chi connectivity index (χ4v) is 11.2. The van der Waals surface area contributed by atoms with Crippen LogP contribution in [0.15, 0.2) is 72.8 Å². The number of allylic oxidation sites excluding steroid dienone is 1. The number of unbranched alkanes of at least 4 members (excludes halogenated alkanes) is 2. The van der Waals surface area contributed by atoms with E-state index in [1.54, 1.807) is 0 Å². The van der Waals surface area contributed by atoms with Crippen LogP contribution in [0.25, 0.3) is 0 Å². The largest absolute Gasteiger partial charge is 0.462 e. The zero-order valence-corrected chi connectivity index (χ0v) is 25.2. The highest BCUT2D eigenvalue weighted by molar-refractivity contribution is 6.99. The number of Topliss-reactive ketones (excluding diaryl/α,β-unsaturated/α-hetero) is 1. The van der Waals surface area contributed by atoms with Crippen molar-refractivity contribution in [2.75, 3.05) is 0 Å². The third-order valence-electron chi connectivity index (χ3n) is 8.53. The highest BCUT2D eigenvalue weighted by Gasteiger charge is 2.51. The minimum atomic E-state index is -2.73. The first kappa shape index (κ1) is 29.5. The van der Waals surface area contributed by atoms with Gasteiger partial charge in [0.2, 0.25) is 0 Å². The summed E-state index contributed by atoms with van der Waals surface area (Å²) in [6, 6.07) is 21.5. The molecule has 2 aliphatic rings. The average Bonchev–Trinajstić information content (AvgIpc) is 3.19. The summed E-state index contributed by atoms with van der Waals surface area (Å²) in [6.45, 7) is 9.14. The summed E-state index contributed by atoms with van der Waals surface area (Å²) in [5, 5.41) is 2.41. The van der Waals surface area contributed by atoms with Gasteiger partial charge in [0.05, 0.1) is 6.10 Å². The number of carbonyl (C=O) groups excluding carboxylic acids is 2. The summed E-state index contributed by atoms with van der Waals surface area (Å²) in [5.74, 6) is -0.109. The van der Waals surface area contributed by atoms with Crippen LogP contribution in [-0.2, 0) is 18.8 Å². The van der Waals surface area contributed by atoms with E-state index in [9.17, 15) is 9.59 Å². The molecule has 4 atom stereocenters. The molecular formula is C34H46O4Si. The molecule has 0 spiro atoms. The first-order valence-electron chi connectivity index (χ1n) is 15.0. The summed E-state index contributed by atoms with van der Waals surface area (Å²) in [6.07, 6.45) is 11.7. The number of carbonyl (C=O) groups is 2. The van der Waals surface area contributed by atoms with E-state index in [2.05, 4.69) is 101 Å². The molecule has 2 aromatic rings. The second-order valence-corrected chi connectivity index (χ2v) is 16.6. The van der Waals surface area contributed by atoms with Crippen molar-refractivity contribution in [3.8, 4) is 0 Å². The average molecular weight is 547 g/mol. The molecule has 4 nitrogen and oxygen atoms in total. The summed E-state index contributed by atoms with van der Waals surface area (Å²) in [7, 11) is -2.73. The molecule has 0 amide bonds. The maximum absolute atomic E-state index is 13.2. The minimum absolute atomic E-state index is 0.0714. The van der Waals surface area contributed by atoms with E-state index in [0.717, 1.165) is 44.9 Å². The van der Waals surface area contributed by atoms with Crippen LogP contribution in [0, 0.1) is 11.8 Å². The van der Waals surface area contributed by atoms with E-state index >= 15 is 0 Å². The fourth-order valence-electron chi connectivity index (χ4n) is 6.53. The SMILES string of the molecule is CCCCC[C@@H](/C=C/[C@H]1C(=O)C[C@@H]2OC(=O)CCCC[C@@H]21)O[Si](c1ccccc1)(c1ccccc1)C(C)(C)C. The third-order valence-corrected chi connectivity index (χ3v) is 13.6. The Morgan fingerprint density at radius 1 is 0.974 bits per heavy atom. The Morgan fingerprint density at radius 3 is 2.21 bits per heavy atom. The summed E-state index contributed by atoms with van der Waals surface area (Å²) in [5.41, 5.74) is 0. The molecular weight excluding hydrogens is 500 g/mol. The van der Waals surface area contributed by atoms with Gasteiger partial charge in [-0.2, -0.15) is 0 Å². The molecule has 2 aromatic carbocycles. The van der Waals surface area contributed by atoms with Crippen LogP contribution < -0.4 is 10.4 Å². The molecule has 0 aromatic heterocycles. The van der Waals surface area contributed by atoms with E-state index < -0.39 is 8.32 Å². The maximum atomic E-state index is 13.2. The second-order valence-electron chi connectivity index (χ2n) is 12.3. The summed E-state index contributed by atoms with van der Waals surface area (Å²) < 4.78 is 13.2. The number of hydrogen-bond donors (Lipinski definition) is 0. The van der Waals surface area contributed by atoms with Crippen LogP contribution in [0.4, 0.5) is 0 Å². The molecule has 0 bridgehead atoms. The van der Waals surface area contributed by atoms with Crippen molar-refractivity contribution >= 4 is 30.4 Å². The van der Waals surface area contributed by atoms with Crippen LogP contribution in [-0.4, -0.2) is 32.3 Å². The van der Waals surface area contributed by atoms with Crippen molar-refractivity contribution in [1.82, 2.24) is 0 Å². The Morgan fingerprint density at radius 2 is 1.62 bits per heavy atom. The van der Waals surface area contributed by atoms with E-state index in [1.807, 2.05) is 0 Å². The van der Waals surface area contributed by atoms with Crippen molar-refractivity contribution in [2.45, 2.75) is 103 Å². The maximum Gasteiger partial charge on any atom is 0.306 e. The third kappa shape index (κ3) is 6.81. The Labute approximate surface area is 236 Å². The highest BCUT2D eigenvalue weighted by Crippen LogP contribution is 2.40. The molecule has 1 aliphatic heterocycles. The van der Waals surface area contributed by atoms with Crippen molar-refractivity contribution < 1.29 is 18.8 Å². The smallest absolute Gasteiger partial charge is 0.306 e. The van der Waals surface area contributed by atoms with Gasteiger partial charge in [-0.1, -0.05) is 126 Å². The van der Waals surface area contributed by atoms with Gasteiger partial charge >= 0.3 is 5.97 Å². The van der Waals surface area contributed by atoms with E-state index in [1.165, 1.54) is 10.4 Å². The molecule has 0 radical (unpaired) electrons. The summed E-state index contributed by atoms with van der Waals surface area (Å²) in [4.78, 5) is 25.3. The molecule has 0 unspecified atom stereocenters. The monoisotopic (exact) mass is 546 g/mol. The lowest BCUT2D eigenvalue weighted by Gasteiger charge is -2.45. The predicted molar refractivity (Wildman–Crippen MR) is 161 cm³/mol. The van der Waals surface area contributed by atoms with Gasteiger partial charge in [0.1, 0.15) is 11.9 Å². The number of rotatable bonds is 10. The molecule has 1 saturated carbocycles. The van der Waals surface area contributed by atoms with Gasteiger partial charge in [-0.15, -0.1) is 0 Å². The number of esters is 1. The van der Waals surface area contributed by atoms with Gasteiger partial charge in [0, 0.05) is 24.7 Å². The van der Waals surface area contributed by atoms with Crippen molar-refractivity contribution in [2.24, 2.45) is 11.8 Å². The quantitative estimate of drug-likeness (QED) is 0.143. The van der Waals surface area contributed by atoms with Gasteiger partial charge in [-0.05, 0) is 34.7 Å². The molecule has 1 saturated heterocycles. The Balaban J connectivity index is 1.70. The van der Waals surface area contributed by atoms with E-state index in [4.69, 9.17) is 9.16 Å². The zero-order valence-electron chi connectivity index (χ0n) is 24.2. The first-order chi connectivity index (χ1) is 18.8. The first-order valence-corrected chi connectivity index (χ1v) is 16.9. The molecule has 39 heavy (non-hydrogen) atoms. The molecule has 1 heterocycles. The van der Waals surface area contributed by atoms with Crippen LogP contribution in [0.3, 0.4) is 0 Å². The van der Waals surface area contributed by atoms with Gasteiger partial charge in [-0.3, -0.25) is 9.59 Å². The topological polar surface area (TPSA) is 52.6 Å². The van der Waals surface area contributed by atoms with E-state index in [-0.39, 0.29) is 40.8 Å². The van der Waals surface area contributed by atoms with Gasteiger partial charge in [-0.25, -0.2) is 0 Å². The lowest BCUT2D eigenvalue weighted by Crippen LogP contribution is -2.67. The van der Waals surface area contributed by atoms with Crippen molar-refractivity contribution in [3.05, 3.63) is 72.8 Å². The lowest BCUT2D eigenvalue weighted by atomic mass is 9.87. The standard InChI is InChI=1S/C34H46O4Si/c1-5-6-9-16-26(23-24-29-30-21-14-15-22-33(36)37-32(30)25-31(29)35)38-39(34(2,3)4,27-17-10-7-11-18-27)28-19-12-8-13-20-28/h7-8,10-13,17-20,23-24,26,29-30,32H,5-6,9,14-16,21-22,25H2,1-4H3/b24-23+/t26-,29+,30+,32-/m0/s1. The van der Waals surface area contributed by atoms with Crippen LogP contribution in [0.1, 0.15) is 85.5 Å². The lowest BCUT2D eigenvalue weighted by molar-refractivity contribution is -0.152. The highest BCUT2D eigenvalue weighted by atomic mass is 28.4. The molecule has 1 aliphatic carbocycles. The number of benzene rings is 2. The molecule has 210 valence electrons. The molecule has 0 N–H and O–H groups in total. The fraction of sp³-hybridized carbons (Fsp3) is 0.529. The minimum Gasteiger partial charge on any atom is -0.462 e.